The molecule has 0 spiro atoms. The maximum Gasteiger partial charge on any atom is 0.307 e. The van der Waals surface area contributed by atoms with Gasteiger partial charge in [-0.1, -0.05) is 13.8 Å². The van der Waals surface area contributed by atoms with Crippen molar-refractivity contribution in [3.63, 3.8) is 0 Å². The minimum absolute atomic E-state index is 0.00255. The van der Waals surface area contributed by atoms with Crippen molar-refractivity contribution in [2.24, 2.45) is 17.8 Å². The highest BCUT2D eigenvalue weighted by atomic mass is 32.2. The minimum atomic E-state index is -3.30. The first-order valence-corrected chi connectivity index (χ1v) is 7.65. The lowest BCUT2D eigenvalue weighted by molar-refractivity contribution is -0.142. The minimum Gasteiger partial charge on any atom is -0.481 e. The summed E-state index contributed by atoms with van der Waals surface area (Å²) >= 11 is 0. The summed E-state index contributed by atoms with van der Waals surface area (Å²) in [5.74, 6) is -0.914. The maximum absolute atomic E-state index is 11.6. The van der Waals surface area contributed by atoms with E-state index >= 15 is 0 Å². The van der Waals surface area contributed by atoms with Crippen LogP contribution in [0.4, 0.5) is 0 Å². The highest BCUT2D eigenvalue weighted by Gasteiger charge is 2.29. The molecule has 5 nitrogen and oxygen atoms in total. The molecule has 1 atom stereocenters. The fourth-order valence-electron chi connectivity index (χ4n) is 1.72. The molecule has 6 heteroatoms. The quantitative estimate of drug-likeness (QED) is 0.686. The first kappa shape index (κ1) is 14.4. The molecule has 1 fully saturated rings. The number of carboxylic acids is 1. The normalized spacial score (nSPS) is 18.3. The van der Waals surface area contributed by atoms with E-state index in [1.54, 1.807) is 0 Å². The molecule has 0 saturated heterocycles. The molecule has 17 heavy (non-hydrogen) atoms. The van der Waals surface area contributed by atoms with Crippen LogP contribution in [0, 0.1) is 17.8 Å². The number of nitrogens with one attached hydrogen (secondary N) is 1. The summed E-state index contributed by atoms with van der Waals surface area (Å²) in [7, 11) is -3.30. The molecule has 1 unspecified atom stereocenters. The van der Waals surface area contributed by atoms with Gasteiger partial charge in [0.05, 0.1) is 11.7 Å². The van der Waals surface area contributed by atoms with Gasteiger partial charge in [0, 0.05) is 6.54 Å². The van der Waals surface area contributed by atoms with Crippen LogP contribution in [0.5, 0.6) is 0 Å². The molecular formula is C11H21NO4S. The molecule has 0 radical (unpaired) electrons. The molecule has 0 aromatic heterocycles. The van der Waals surface area contributed by atoms with Crippen LogP contribution in [0.1, 0.15) is 33.1 Å². The topological polar surface area (TPSA) is 83.5 Å². The third kappa shape index (κ3) is 6.02. The summed E-state index contributed by atoms with van der Waals surface area (Å²) in [6.45, 7) is 3.85. The molecule has 0 aromatic rings. The van der Waals surface area contributed by atoms with Gasteiger partial charge >= 0.3 is 5.97 Å². The first-order chi connectivity index (χ1) is 7.80. The molecule has 1 saturated carbocycles. The first-order valence-electron chi connectivity index (χ1n) is 6.00. The van der Waals surface area contributed by atoms with Gasteiger partial charge in [0.25, 0.3) is 0 Å². The lowest BCUT2D eigenvalue weighted by Crippen LogP contribution is -2.35. The van der Waals surface area contributed by atoms with E-state index in [1.165, 1.54) is 0 Å². The van der Waals surface area contributed by atoms with Gasteiger partial charge in [-0.3, -0.25) is 4.79 Å². The van der Waals surface area contributed by atoms with Crippen LogP contribution >= 0.6 is 0 Å². The number of hydrogen-bond donors (Lipinski definition) is 2. The predicted octanol–water partition coefficient (Wildman–Crippen LogP) is 1.06. The monoisotopic (exact) mass is 263 g/mol. The number of hydrogen-bond acceptors (Lipinski definition) is 3. The van der Waals surface area contributed by atoms with Crippen LogP contribution in [-0.2, 0) is 14.8 Å². The Morgan fingerprint density at radius 1 is 1.41 bits per heavy atom. The van der Waals surface area contributed by atoms with Crippen LogP contribution < -0.4 is 4.72 Å². The Balaban J connectivity index is 2.41. The molecule has 0 aromatic carbocycles. The zero-order chi connectivity index (χ0) is 13.1. The van der Waals surface area contributed by atoms with Gasteiger partial charge in [0.2, 0.25) is 10.0 Å². The highest BCUT2D eigenvalue weighted by molar-refractivity contribution is 7.89. The van der Waals surface area contributed by atoms with E-state index in [0.29, 0.717) is 6.42 Å². The van der Waals surface area contributed by atoms with Crippen LogP contribution in [0.25, 0.3) is 0 Å². The molecule has 100 valence electrons. The summed E-state index contributed by atoms with van der Waals surface area (Å²) in [5.41, 5.74) is 0. The Labute approximate surface area is 103 Å². The average molecular weight is 263 g/mol. The number of sulfonamides is 1. The lowest BCUT2D eigenvalue weighted by Gasteiger charge is -2.15. The maximum atomic E-state index is 11.6. The number of rotatable bonds is 8. The van der Waals surface area contributed by atoms with Gasteiger partial charge in [-0.25, -0.2) is 13.1 Å². The second kappa shape index (κ2) is 5.82. The van der Waals surface area contributed by atoms with Crippen molar-refractivity contribution >= 4 is 16.0 Å². The molecule has 2 N–H and O–H groups in total. The second-order valence-electron chi connectivity index (χ2n) is 5.24. The van der Waals surface area contributed by atoms with Gasteiger partial charge in [-0.15, -0.1) is 0 Å². The standard InChI is InChI=1S/C11H21NO4S/c1-8(2)5-10(11(13)14)6-12-17(15,16)7-9-3-4-9/h8-10,12H,3-7H2,1-2H3,(H,13,14). The smallest absolute Gasteiger partial charge is 0.307 e. The number of carboxylic acid groups (broad SMARTS) is 1. The molecule has 0 amide bonds. The summed E-state index contributed by atoms with van der Waals surface area (Å²) in [4.78, 5) is 11.0. The Morgan fingerprint density at radius 3 is 2.41 bits per heavy atom. The molecular weight excluding hydrogens is 242 g/mol. The van der Waals surface area contributed by atoms with Crippen LogP contribution in [-0.4, -0.2) is 31.8 Å². The van der Waals surface area contributed by atoms with Crippen LogP contribution in [0.2, 0.25) is 0 Å². The van der Waals surface area contributed by atoms with Gasteiger partial charge < -0.3 is 5.11 Å². The van der Waals surface area contributed by atoms with Crippen molar-refractivity contribution in [2.45, 2.75) is 33.1 Å². The van der Waals surface area contributed by atoms with E-state index in [1.807, 2.05) is 13.8 Å². The van der Waals surface area contributed by atoms with Crippen LogP contribution in [0.3, 0.4) is 0 Å². The van der Waals surface area contributed by atoms with E-state index in [4.69, 9.17) is 5.11 Å². The molecule has 1 aliphatic carbocycles. The molecule has 1 rings (SSSR count). The summed E-state index contributed by atoms with van der Waals surface area (Å²) in [6.07, 6.45) is 2.42. The Kier molecular flexibility index (Phi) is 4.94. The highest BCUT2D eigenvalue weighted by Crippen LogP contribution is 2.29. The lowest BCUT2D eigenvalue weighted by atomic mass is 9.98. The van der Waals surface area contributed by atoms with Crippen molar-refractivity contribution in [3.8, 4) is 0 Å². The Hall–Kier alpha value is -0.620. The van der Waals surface area contributed by atoms with Crippen molar-refractivity contribution in [2.75, 3.05) is 12.3 Å². The van der Waals surface area contributed by atoms with E-state index in [-0.39, 0.29) is 24.1 Å². The van der Waals surface area contributed by atoms with Gasteiger partial charge in [-0.2, -0.15) is 0 Å². The number of carbonyl (C=O) groups is 1. The zero-order valence-electron chi connectivity index (χ0n) is 10.3. The fraction of sp³-hybridized carbons (Fsp3) is 0.909. The van der Waals surface area contributed by atoms with E-state index in [9.17, 15) is 13.2 Å². The fourth-order valence-corrected chi connectivity index (χ4v) is 3.25. The second-order valence-corrected chi connectivity index (χ2v) is 7.09. The zero-order valence-corrected chi connectivity index (χ0v) is 11.2. The van der Waals surface area contributed by atoms with E-state index in [2.05, 4.69) is 4.72 Å². The molecule has 0 aliphatic heterocycles. The van der Waals surface area contributed by atoms with E-state index < -0.39 is 21.9 Å². The molecule has 0 bridgehead atoms. The summed E-state index contributed by atoms with van der Waals surface area (Å²) in [6, 6.07) is 0. The van der Waals surface area contributed by atoms with Crippen molar-refractivity contribution < 1.29 is 18.3 Å². The van der Waals surface area contributed by atoms with E-state index in [0.717, 1.165) is 12.8 Å². The SMILES string of the molecule is CC(C)CC(CNS(=O)(=O)CC1CC1)C(=O)O. The average Bonchev–Trinajstić information content (AvgIpc) is 2.94. The van der Waals surface area contributed by atoms with Gasteiger partial charge in [0.1, 0.15) is 0 Å². The van der Waals surface area contributed by atoms with Crippen molar-refractivity contribution in [1.29, 1.82) is 0 Å². The Morgan fingerprint density at radius 2 is 2.00 bits per heavy atom. The predicted molar refractivity (Wildman–Crippen MR) is 65.1 cm³/mol. The van der Waals surface area contributed by atoms with Gasteiger partial charge in [0.15, 0.2) is 0 Å². The summed E-state index contributed by atoms with van der Waals surface area (Å²) < 4.78 is 25.6. The third-order valence-electron chi connectivity index (χ3n) is 2.81. The third-order valence-corrected chi connectivity index (χ3v) is 4.32. The number of aliphatic carboxylic acids is 1. The summed E-state index contributed by atoms with van der Waals surface area (Å²) in [5, 5.41) is 8.98. The molecule has 0 heterocycles. The van der Waals surface area contributed by atoms with Gasteiger partial charge in [-0.05, 0) is 31.1 Å². The van der Waals surface area contributed by atoms with Crippen molar-refractivity contribution in [3.05, 3.63) is 0 Å². The van der Waals surface area contributed by atoms with Crippen molar-refractivity contribution in [1.82, 2.24) is 4.72 Å². The largest absolute Gasteiger partial charge is 0.481 e. The molecule has 1 aliphatic rings. The van der Waals surface area contributed by atoms with Crippen LogP contribution in [0.15, 0.2) is 0 Å². The Bertz CT molecular complexity index is 360.